The molecule has 3 nitrogen and oxygen atoms in total. The molecule has 3 heteroatoms. The molecule has 0 atom stereocenters. The Morgan fingerprint density at radius 1 is 0.347 bits per heavy atom. The lowest BCUT2D eigenvalue weighted by molar-refractivity contribution is 0.660. The van der Waals surface area contributed by atoms with Crippen molar-refractivity contribution in [1.82, 2.24) is 4.57 Å². The van der Waals surface area contributed by atoms with Gasteiger partial charge in [0.1, 0.15) is 11.2 Å². The summed E-state index contributed by atoms with van der Waals surface area (Å²) < 4.78 is 8.59. The Bertz CT molecular complexity index is 4230. The van der Waals surface area contributed by atoms with Crippen LogP contribution in [0, 0.1) is 0 Å². The first-order valence-electron chi connectivity index (χ1n) is 24.9. The van der Waals surface area contributed by atoms with E-state index in [1.807, 2.05) is 12.1 Å². The zero-order valence-electron chi connectivity index (χ0n) is 40.1. The predicted molar refractivity (Wildman–Crippen MR) is 302 cm³/mol. The molecule has 2 heterocycles. The fourth-order valence-corrected chi connectivity index (χ4v) is 11.7. The predicted octanol–water partition coefficient (Wildman–Crippen LogP) is 19.1. The van der Waals surface area contributed by atoms with Gasteiger partial charge < -0.3 is 13.9 Å². The van der Waals surface area contributed by atoms with Gasteiger partial charge in [-0.15, -0.1) is 0 Å². The highest BCUT2D eigenvalue weighted by atomic mass is 16.3. The number of aromatic nitrogens is 1. The normalized spacial score (nSPS) is 12.7. The highest BCUT2D eigenvalue weighted by Gasteiger charge is 2.36. The third-order valence-corrected chi connectivity index (χ3v) is 15.2. The summed E-state index contributed by atoms with van der Waals surface area (Å²) in [6.45, 7) is 4.77. The Kier molecular flexibility index (Phi) is 9.56. The third kappa shape index (κ3) is 6.66. The quantitative estimate of drug-likeness (QED) is 0.151. The molecule has 13 aromatic rings. The molecule has 0 bridgehead atoms. The highest BCUT2D eigenvalue weighted by molar-refractivity contribution is 6.16. The van der Waals surface area contributed by atoms with Crippen LogP contribution in [0.5, 0.6) is 0 Å². The average molecular weight is 921 g/mol. The van der Waals surface area contributed by atoms with Gasteiger partial charge in [0.25, 0.3) is 0 Å². The van der Waals surface area contributed by atoms with Crippen LogP contribution < -0.4 is 4.90 Å². The van der Waals surface area contributed by atoms with Crippen molar-refractivity contribution >= 4 is 60.8 Å². The van der Waals surface area contributed by atoms with Crippen LogP contribution in [0.1, 0.15) is 25.0 Å². The number of benzene rings is 11. The van der Waals surface area contributed by atoms with Gasteiger partial charge in [-0.1, -0.05) is 184 Å². The molecule has 0 saturated carbocycles. The van der Waals surface area contributed by atoms with Crippen molar-refractivity contribution in [2.75, 3.05) is 4.90 Å². The van der Waals surface area contributed by atoms with E-state index in [2.05, 4.69) is 266 Å². The van der Waals surface area contributed by atoms with Gasteiger partial charge in [-0.3, -0.25) is 0 Å². The second kappa shape index (κ2) is 16.5. The number of rotatable bonds is 8. The van der Waals surface area contributed by atoms with Crippen molar-refractivity contribution in [1.29, 1.82) is 0 Å². The number of hydrogen-bond donors (Lipinski definition) is 0. The second-order valence-corrected chi connectivity index (χ2v) is 19.7. The van der Waals surface area contributed by atoms with E-state index >= 15 is 0 Å². The number of para-hydroxylation sites is 4. The Morgan fingerprint density at radius 2 is 0.958 bits per heavy atom. The molecule has 340 valence electrons. The third-order valence-electron chi connectivity index (χ3n) is 15.2. The fraction of sp³-hybridized carbons (Fsp3) is 0.0435. The number of hydrogen-bond acceptors (Lipinski definition) is 2. The lowest BCUT2D eigenvalue weighted by Crippen LogP contribution is -2.15. The van der Waals surface area contributed by atoms with Crippen LogP contribution in [0.3, 0.4) is 0 Å². The Hall–Kier alpha value is -9.18. The maximum absolute atomic E-state index is 6.18. The summed E-state index contributed by atoms with van der Waals surface area (Å²) in [4.78, 5) is 2.42. The van der Waals surface area contributed by atoms with Gasteiger partial charge in [0.2, 0.25) is 0 Å². The fourth-order valence-electron chi connectivity index (χ4n) is 11.7. The van der Waals surface area contributed by atoms with E-state index in [1.165, 1.54) is 77.6 Å². The standard InChI is InChI=1S/C69H48N2O/c1-69(2)61-39-34-49(43-59(61)56-38-33-50(44-62(56)69)55-26-16-29-65-68(55)58-25-10-13-28-64(58)71(65)51-20-7-4-8-21-51)54-23-9-12-27-63(54)70(53-22-15-19-47(41-53)45-17-5-3-6-18-45)52-36-31-46(32-37-52)48-35-40-67-60(42-48)57-24-11-14-30-66(57)72-67/h3-44H,1-2H3. The van der Waals surface area contributed by atoms with Gasteiger partial charge in [0.15, 0.2) is 0 Å². The Morgan fingerprint density at radius 3 is 1.82 bits per heavy atom. The average Bonchev–Trinajstić information content (AvgIpc) is 4.06. The summed E-state index contributed by atoms with van der Waals surface area (Å²) in [6, 6.07) is 92.9. The molecule has 0 spiro atoms. The van der Waals surface area contributed by atoms with Crippen LogP contribution in [0.15, 0.2) is 259 Å². The van der Waals surface area contributed by atoms with Gasteiger partial charge in [-0.25, -0.2) is 0 Å². The van der Waals surface area contributed by atoms with Crippen molar-refractivity contribution < 1.29 is 4.42 Å². The van der Waals surface area contributed by atoms with Gasteiger partial charge in [-0.2, -0.15) is 0 Å². The minimum Gasteiger partial charge on any atom is -0.456 e. The van der Waals surface area contributed by atoms with Gasteiger partial charge in [-0.05, 0) is 146 Å². The maximum atomic E-state index is 6.18. The van der Waals surface area contributed by atoms with E-state index in [9.17, 15) is 0 Å². The maximum Gasteiger partial charge on any atom is 0.135 e. The number of anilines is 3. The minimum atomic E-state index is -0.203. The zero-order valence-corrected chi connectivity index (χ0v) is 40.1. The summed E-state index contributed by atoms with van der Waals surface area (Å²) in [6.07, 6.45) is 0. The molecule has 72 heavy (non-hydrogen) atoms. The van der Waals surface area contributed by atoms with E-state index in [-0.39, 0.29) is 5.41 Å². The summed E-state index contributed by atoms with van der Waals surface area (Å²) >= 11 is 0. The van der Waals surface area contributed by atoms with Crippen LogP contribution >= 0.6 is 0 Å². The van der Waals surface area contributed by atoms with Crippen LogP contribution in [0.2, 0.25) is 0 Å². The first-order chi connectivity index (χ1) is 35.5. The molecular formula is C69H48N2O. The van der Waals surface area contributed by atoms with Crippen molar-refractivity contribution in [3.63, 3.8) is 0 Å². The molecule has 11 aromatic carbocycles. The summed E-state index contributed by atoms with van der Waals surface area (Å²) in [5.41, 5.74) is 23.2. The van der Waals surface area contributed by atoms with Crippen molar-refractivity contribution in [3.05, 3.63) is 266 Å². The molecule has 14 rings (SSSR count). The highest BCUT2D eigenvalue weighted by Crippen LogP contribution is 2.52. The van der Waals surface area contributed by atoms with Crippen molar-refractivity contribution in [3.8, 4) is 61.3 Å². The van der Waals surface area contributed by atoms with Crippen LogP contribution in [0.25, 0.3) is 105 Å². The van der Waals surface area contributed by atoms with Crippen LogP contribution in [-0.4, -0.2) is 4.57 Å². The van der Waals surface area contributed by atoms with E-state index in [1.54, 1.807) is 0 Å². The Balaban J connectivity index is 0.877. The molecule has 1 aliphatic rings. The first-order valence-corrected chi connectivity index (χ1v) is 24.9. The number of nitrogens with zero attached hydrogens (tertiary/aromatic N) is 2. The van der Waals surface area contributed by atoms with Crippen molar-refractivity contribution in [2.45, 2.75) is 19.3 Å². The van der Waals surface area contributed by atoms with Gasteiger partial charge in [0, 0.05) is 49.6 Å². The lowest BCUT2D eigenvalue weighted by atomic mass is 9.81. The van der Waals surface area contributed by atoms with Gasteiger partial charge in [0.05, 0.1) is 16.7 Å². The molecular weight excluding hydrogens is 873 g/mol. The minimum absolute atomic E-state index is 0.203. The molecule has 0 fully saturated rings. The SMILES string of the molecule is CC1(C)c2ccc(-c3ccccc3N(c3ccc(-c4ccc5oc6ccccc6c5c4)cc3)c3cccc(-c4ccccc4)c3)cc2-c2ccc(-c3cccc4c3c3ccccc3n4-c3ccccc3)cc21. The topological polar surface area (TPSA) is 21.3 Å². The molecule has 0 N–H and O–H groups in total. The molecule has 0 amide bonds. The number of fused-ring (bicyclic) bond motifs is 9. The van der Waals surface area contributed by atoms with E-state index in [4.69, 9.17) is 4.42 Å². The van der Waals surface area contributed by atoms with Crippen LogP contribution in [0.4, 0.5) is 17.1 Å². The smallest absolute Gasteiger partial charge is 0.135 e. The van der Waals surface area contributed by atoms with Crippen molar-refractivity contribution in [2.24, 2.45) is 0 Å². The lowest BCUT2D eigenvalue weighted by Gasteiger charge is -2.29. The van der Waals surface area contributed by atoms with Crippen LogP contribution in [-0.2, 0) is 5.41 Å². The van der Waals surface area contributed by atoms with Gasteiger partial charge >= 0.3 is 0 Å². The summed E-state index contributed by atoms with van der Waals surface area (Å²) in [7, 11) is 0. The molecule has 2 aromatic heterocycles. The molecule has 0 unspecified atom stereocenters. The second-order valence-electron chi connectivity index (χ2n) is 19.7. The van der Waals surface area contributed by atoms with E-state index in [0.717, 1.165) is 55.7 Å². The first kappa shape index (κ1) is 41.8. The monoisotopic (exact) mass is 920 g/mol. The zero-order chi connectivity index (χ0) is 47.9. The largest absolute Gasteiger partial charge is 0.456 e. The van der Waals surface area contributed by atoms with E-state index < -0.39 is 0 Å². The molecule has 0 radical (unpaired) electrons. The molecule has 0 aliphatic heterocycles. The summed E-state index contributed by atoms with van der Waals surface area (Å²) in [5, 5.41) is 4.80. The van der Waals surface area contributed by atoms with E-state index in [0.29, 0.717) is 0 Å². The molecule has 1 aliphatic carbocycles. The number of furan rings is 1. The molecule has 0 saturated heterocycles. The summed E-state index contributed by atoms with van der Waals surface area (Å²) in [5.74, 6) is 0. The Labute approximate surface area is 419 Å².